The van der Waals surface area contributed by atoms with Crippen molar-refractivity contribution in [1.29, 1.82) is 0 Å². The molecule has 1 fully saturated rings. The Labute approximate surface area is 81.9 Å². The van der Waals surface area contributed by atoms with Gasteiger partial charge in [0.2, 0.25) is 5.91 Å². The summed E-state index contributed by atoms with van der Waals surface area (Å²) in [5.74, 6) is -0.325. The van der Waals surface area contributed by atoms with Crippen LogP contribution in [-0.2, 0) is 4.79 Å². The van der Waals surface area contributed by atoms with Gasteiger partial charge in [-0.15, -0.1) is 0 Å². The number of hydrogen-bond acceptors (Lipinski definition) is 3. The Morgan fingerprint density at radius 1 is 1.57 bits per heavy atom. The number of amides is 1. The van der Waals surface area contributed by atoms with Crippen molar-refractivity contribution in [1.82, 2.24) is 5.32 Å². The molecule has 14 heavy (non-hydrogen) atoms. The number of rotatable bonds is 3. The van der Waals surface area contributed by atoms with Gasteiger partial charge in [0.15, 0.2) is 0 Å². The van der Waals surface area contributed by atoms with Crippen molar-refractivity contribution < 1.29 is 9.90 Å². The third-order valence-electron chi connectivity index (χ3n) is 2.35. The Morgan fingerprint density at radius 2 is 2.29 bits per heavy atom. The van der Waals surface area contributed by atoms with E-state index < -0.39 is 6.10 Å². The fourth-order valence-corrected chi connectivity index (χ4v) is 1.63. The second kappa shape index (κ2) is 5.47. The van der Waals surface area contributed by atoms with Crippen molar-refractivity contribution in [3.63, 3.8) is 0 Å². The molecular weight excluding hydrogens is 184 g/mol. The van der Waals surface area contributed by atoms with Crippen molar-refractivity contribution in [2.24, 2.45) is 5.11 Å². The monoisotopic (exact) mass is 198 g/mol. The van der Waals surface area contributed by atoms with Crippen LogP contribution >= 0.6 is 0 Å². The average Bonchev–Trinajstić information content (AvgIpc) is 2.18. The van der Waals surface area contributed by atoms with Gasteiger partial charge < -0.3 is 10.4 Å². The number of aliphatic hydroxyl groups excluding tert-OH is 1. The van der Waals surface area contributed by atoms with Gasteiger partial charge in [0.1, 0.15) is 6.54 Å². The lowest BCUT2D eigenvalue weighted by Crippen LogP contribution is -2.45. The second-order valence-corrected chi connectivity index (χ2v) is 3.41. The average molecular weight is 198 g/mol. The number of nitrogens with zero attached hydrogens (tertiary/aromatic N) is 3. The van der Waals surface area contributed by atoms with Crippen molar-refractivity contribution in [3.8, 4) is 0 Å². The number of hydrogen-bond donors (Lipinski definition) is 2. The molecule has 2 atom stereocenters. The first kappa shape index (κ1) is 10.8. The van der Waals surface area contributed by atoms with Crippen LogP contribution in [0.15, 0.2) is 5.11 Å². The van der Waals surface area contributed by atoms with Gasteiger partial charge in [0.05, 0.1) is 12.1 Å². The third-order valence-corrected chi connectivity index (χ3v) is 2.35. The van der Waals surface area contributed by atoms with Crippen LogP contribution in [0.25, 0.3) is 10.4 Å². The first-order valence-corrected chi connectivity index (χ1v) is 4.72. The maximum atomic E-state index is 11.1. The van der Waals surface area contributed by atoms with Gasteiger partial charge in [-0.25, -0.2) is 0 Å². The number of nitrogens with one attached hydrogen (secondary N) is 1. The molecule has 1 saturated carbocycles. The topological polar surface area (TPSA) is 98.1 Å². The lowest BCUT2D eigenvalue weighted by atomic mass is 9.92. The summed E-state index contributed by atoms with van der Waals surface area (Å²) in [4.78, 5) is 13.6. The quantitative estimate of drug-likeness (QED) is 0.396. The highest BCUT2D eigenvalue weighted by Gasteiger charge is 2.23. The lowest BCUT2D eigenvalue weighted by molar-refractivity contribution is -0.121. The van der Waals surface area contributed by atoms with Crippen LogP contribution < -0.4 is 5.32 Å². The van der Waals surface area contributed by atoms with Crippen molar-refractivity contribution in [2.75, 3.05) is 6.54 Å². The zero-order valence-corrected chi connectivity index (χ0v) is 7.89. The van der Waals surface area contributed by atoms with Crippen LogP contribution in [0.3, 0.4) is 0 Å². The molecular formula is C8H14N4O2. The highest BCUT2D eigenvalue weighted by atomic mass is 16.3. The molecule has 1 aliphatic carbocycles. The molecule has 0 saturated heterocycles. The second-order valence-electron chi connectivity index (χ2n) is 3.41. The Balaban J connectivity index is 2.34. The molecule has 0 bridgehead atoms. The highest BCUT2D eigenvalue weighted by Crippen LogP contribution is 2.18. The predicted octanol–water partition coefficient (Wildman–Crippen LogP) is 0.716. The van der Waals surface area contributed by atoms with Gasteiger partial charge in [0, 0.05) is 4.91 Å². The van der Waals surface area contributed by atoms with Crippen LogP contribution in [0.5, 0.6) is 0 Å². The minimum absolute atomic E-state index is 0.176. The zero-order chi connectivity index (χ0) is 10.4. The summed E-state index contributed by atoms with van der Waals surface area (Å²) < 4.78 is 0. The van der Waals surface area contributed by atoms with Gasteiger partial charge in [-0.3, -0.25) is 4.79 Å². The van der Waals surface area contributed by atoms with E-state index in [1.54, 1.807) is 0 Å². The van der Waals surface area contributed by atoms with E-state index in [-0.39, 0.29) is 18.5 Å². The van der Waals surface area contributed by atoms with Gasteiger partial charge in [-0.05, 0) is 18.4 Å². The summed E-state index contributed by atoms with van der Waals surface area (Å²) in [7, 11) is 0. The number of azide groups is 1. The van der Waals surface area contributed by atoms with Gasteiger partial charge in [0.25, 0.3) is 0 Å². The summed E-state index contributed by atoms with van der Waals surface area (Å²) in [5.41, 5.74) is 8.00. The summed E-state index contributed by atoms with van der Waals surface area (Å²) in [6.07, 6.45) is 3.09. The molecule has 0 aromatic heterocycles. The van der Waals surface area contributed by atoms with Crippen molar-refractivity contribution in [3.05, 3.63) is 10.4 Å². The minimum Gasteiger partial charge on any atom is -0.391 e. The molecule has 0 aromatic carbocycles. The van der Waals surface area contributed by atoms with Crippen LogP contribution in [0.1, 0.15) is 25.7 Å². The molecule has 0 unspecified atom stereocenters. The van der Waals surface area contributed by atoms with Gasteiger partial charge >= 0.3 is 0 Å². The first-order valence-electron chi connectivity index (χ1n) is 4.72. The Morgan fingerprint density at radius 3 is 2.93 bits per heavy atom. The maximum Gasteiger partial charge on any atom is 0.226 e. The van der Waals surface area contributed by atoms with E-state index in [1.807, 2.05) is 0 Å². The SMILES string of the molecule is [N-]=[N+]=NCC(=O)N[C@@H]1CCCC[C@H]1O. The lowest BCUT2D eigenvalue weighted by Gasteiger charge is -2.28. The largest absolute Gasteiger partial charge is 0.391 e. The Hall–Kier alpha value is -1.26. The molecule has 0 aromatic rings. The summed E-state index contributed by atoms with van der Waals surface area (Å²) in [5, 5.41) is 15.3. The molecule has 1 rings (SSSR count). The normalized spacial score (nSPS) is 26.4. The van der Waals surface area contributed by atoms with Crippen LogP contribution in [-0.4, -0.2) is 29.7 Å². The molecule has 6 heteroatoms. The minimum atomic E-state index is -0.459. The molecule has 2 N–H and O–H groups in total. The molecule has 0 radical (unpaired) electrons. The smallest absolute Gasteiger partial charge is 0.226 e. The fourth-order valence-electron chi connectivity index (χ4n) is 1.63. The first-order chi connectivity index (χ1) is 6.74. The van der Waals surface area contributed by atoms with E-state index in [0.717, 1.165) is 25.7 Å². The van der Waals surface area contributed by atoms with Crippen LogP contribution in [0, 0.1) is 0 Å². The van der Waals surface area contributed by atoms with Crippen LogP contribution in [0.4, 0.5) is 0 Å². The Bertz CT molecular complexity index is 250. The molecule has 0 heterocycles. The molecule has 1 aliphatic rings. The number of aliphatic hydroxyl groups is 1. The standard InChI is InChI=1S/C8H14N4O2/c9-12-10-5-8(14)11-6-3-1-2-4-7(6)13/h6-7,13H,1-5H2,(H,11,14)/t6-,7-/m1/s1. The zero-order valence-electron chi connectivity index (χ0n) is 7.89. The Kier molecular flexibility index (Phi) is 4.22. The van der Waals surface area contributed by atoms with Gasteiger partial charge in [-0.1, -0.05) is 18.0 Å². The van der Waals surface area contributed by atoms with E-state index in [9.17, 15) is 9.90 Å². The summed E-state index contributed by atoms with van der Waals surface area (Å²) in [6.45, 7) is -0.195. The molecule has 78 valence electrons. The van der Waals surface area contributed by atoms with E-state index in [0.29, 0.717) is 0 Å². The molecule has 0 aliphatic heterocycles. The number of carbonyl (C=O) groups excluding carboxylic acids is 1. The highest BCUT2D eigenvalue weighted by molar-refractivity contribution is 5.78. The van der Waals surface area contributed by atoms with Crippen molar-refractivity contribution in [2.45, 2.75) is 37.8 Å². The van der Waals surface area contributed by atoms with E-state index >= 15 is 0 Å². The predicted molar refractivity (Wildman–Crippen MR) is 50.4 cm³/mol. The molecule has 6 nitrogen and oxygen atoms in total. The van der Waals surface area contributed by atoms with Crippen molar-refractivity contribution >= 4 is 5.91 Å². The van der Waals surface area contributed by atoms with Crippen LogP contribution in [0.2, 0.25) is 0 Å². The molecule has 0 spiro atoms. The third kappa shape index (κ3) is 3.24. The van der Waals surface area contributed by atoms with E-state index in [4.69, 9.17) is 5.53 Å². The fraction of sp³-hybridized carbons (Fsp3) is 0.875. The maximum absolute atomic E-state index is 11.1. The summed E-state index contributed by atoms with van der Waals surface area (Å²) >= 11 is 0. The molecule has 1 amide bonds. The number of carbonyl (C=O) groups is 1. The van der Waals surface area contributed by atoms with Gasteiger partial charge in [-0.2, -0.15) is 0 Å². The van der Waals surface area contributed by atoms with E-state index in [1.165, 1.54) is 0 Å². The summed E-state index contributed by atoms with van der Waals surface area (Å²) in [6, 6.07) is -0.176. The van der Waals surface area contributed by atoms with E-state index in [2.05, 4.69) is 15.3 Å².